The summed E-state index contributed by atoms with van der Waals surface area (Å²) in [6.45, 7) is 3.89. The van der Waals surface area contributed by atoms with Crippen molar-refractivity contribution in [2.45, 2.75) is 37.1 Å². The number of anilines is 1. The predicted molar refractivity (Wildman–Crippen MR) is 140 cm³/mol. The van der Waals surface area contributed by atoms with Crippen molar-refractivity contribution in [1.82, 2.24) is 10.2 Å². The van der Waals surface area contributed by atoms with E-state index in [1.165, 1.54) is 23.6 Å². The highest BCUT2D eigenvalue weighted by molar-refractivity contribution is 7.92. The molecule has 0 spiro atoms. The summed E-state index contributed by atoms with van der Waals surface area (Å²) < 4.78 is 28.8. The predicted octanol–water partition coefficient (Wildman–Crippen LogP) is 4.69. The molecule has 0 bridgehead atoms. The molecule has 1 heterocycles. The number of hydrogen-bond acceptors (Lipinski definition) is 4. The third-order valence-corrected chi connectivity index (χ3v) is 8.08. The van der Waals surface area contributed by atoms with E-state index < -0.39 is 10.0 Å². The van der Waals surface area contributed by atoms with Crippen LogP contribution in [0.2, 0.25) is 0 Å². The van der Waals surface area contributed by atoms with Crippen molar-refractivity contribution < 1.29 is 13.2 Å². The van der Waals surface area contributed by atoms with Crippen LogP contribution in [-0.2, 0) is 16.6 Å². The lowest BCUT2D eigenvalue weighted by Gasteiger charge is -2.27. The minimum absolute atomic E-state index is 0.122. The summed E-state index contributed by atoms with van der Waals surface area (Å²) in [6, 6.07) is 24.7. The third kappa shape index (κ3) is 6.50. The lowest BCUT2D eigenvalue weighted by Crippen LogP contribution is -2.35. The smallest absolute Gasteiger partial charge is 0.264 e. The molecule has 0 aliphatic carbocycles. The molecule has 0 saturated carbocycles. The second-order valence-corrected chi connectivity index (χ2v) is 10.7. The molecule has 1 aliphatic rings. The fourth-order valence-electron chi connectivity index (χ4n) is 4.43. The Morgan fingerprint density at radius 3 is 2.17 bits per heavy atom. The van der Waals surface area contributed by atoms with Crippen LogP contribution in [0, 0.1) is 0 Å². The van der Waals surface area contributed by atoms with Gasteiger partial charge in [-0.2, -0.15) is 0 Å². The molecule has 6 nitrogen and oxygen atoms in total. The van der Waals surface area contributed by atoms with Gasteiger partial charge in [-0.15, -0.1) is 0 Å². The van der Waals surface area contributed by atoms with Gasteiger partial charge in [0.1, 0.15) is 0 Å². The summed E-state index contributed by atoms with van der Waals surface area (Å²) in [5.41, 5.74) is 1.55. The lowest BCUT2D eigenvalue weighted by atomic mass is 10.1. The van der Waals surface area contributed by atoms with Gasteiger partial charge in [0.05, 0.1) is 22.7 Å². The van der Waals surface area contributed by atoms with Gasteiger partial charge in [-0.3, -0.25) is 9.10 Å². The zero-order chi connectivity index (χ0) is 24.5. The van der Waals surface area contributed by atoms with Gasteiger partial charge in [0.25, 0.3) is 15.9 Å². The van der Waals surface area contributed by atoms with E-state index in [0.29, 0.717) is 17.8 Å². The summed E-state index contributed by atoms with van der Waals surface area (Å²) in [7, 11) is -3.90. The van der Waals surface area contributed by atoms with E-state index in [-0.39, 0.29) is 17.3 Å². The first-order valence-electron chi connectivity index (χ1n) is 12.3. The van der Waals surface area contributed by atoms with Crippen molar-refractivity contribution in [1.29, 1.82) is 0 Å². The van der Waals surface area contributed by atoms with Crippen molar-refractivity contribution >= 4 is 21.6 Å². The first-order chi connectivity index (χ1) is 17.1. The summed E-state index contributed by atoms with van der Waals surface area (Å²) >= 11 is 0. The highest BCUT2D eigenvalue weighted by Gasteiger charge is 2.28. The summed E-state index contributed by atoms with van der Waals surface area (Å²) in [5.74, 6) is -0.263. The number of likely N-dealkylation sites (tertiary alicyclic amines) is 1. The van der Waals surface area contributed by atoms with Crippen LogP contribution < -0.4 is 9.62 Å². The number of nitrogens with one attached hydrogen (secondary N) is 1. The topological polar surface area (TPSA) is 69.7 Å². The number of benzene rings is 3. The maximum atomic E-state index is 13.7. The number of nitrogens with zero attached hydrogens (tertiary/aromatic N) is 2. The van der Waals surface area contributed by atoms with Gasteiger partial charge in [0, 0.05) is 6.54 Å². The highest BCUT2D eigenvalue weighted by Crippen LogP contribution is 2.29. The molecule has 7 heteroatoms. The number of piperidine rings is 1. The van der Waals surface area contributed by atoms with Gasteiger partial charge in [-0.05, 0) is 68.7 Å². The van der Waals surface area contributed by atoms with E-state index in [1.54, 1.807) is 54.6 Å². The molecule has 1 saturated heterocycles. The number of sulfonamides is 1. The highest BCUT2D eigenvalue weighted by atomic mass is 32.2. The Hall–Kier alpha value is -3.16. The van der Waals surface area contributed by atoms with Crippen LogP contribution in [0.25, 0.3) is 0 Å². The molecular formula is C28H33N3O3S. The van der Waals surface area contributed by atoms with E-state index in [2.05, 4.69) is 10.2 Å². The van der Waals surface area contributed by atoms with E-state index >= 15 is 0 Å². The lowest BCUT2D eigenvalue weighted by molar-refractivity contribution is 0.0951. The molecule has 1 N–H and O–H groups in total. The molecule has 1 amide bonds. The average Bonchev–Trinajstić information content (AvgIpc) is 2.91. The number of rotatable bonds is 10. The number of carbonyl (C=O) groups is 1. The zero-order valence-electron chi connectivity index (χ0n) is 20.0. The molecule has 1 fully saturated rings. The van der Waals surface area contributed by atoms with Crippen molar-refractivity contribution in [2.24, 2.45) is 0 Å². The Morgan fingerprint density at radius 2 is 1.46 bits per heavy atom. The molecular weight excluding hydrogens is 458 g/mol. The van der Waals surface area contributed by atoms with Gasteiger partial charge in [-0.1, -0.05) is 67.1 Å². The minimum Gasteiger partial charge on any atom is -0.352 e. The quantitative estimate of drug-likeness (QED) is 0.418. The molecule has 3 aromatic rings. The summed E-state index contributed by atoms with van der Waals surface area (Å²) in [6.07, 6.45) is 4.65. The molecule has 4 rings (SSSR count). The molecule has 0 aromatic heterocycles. The zero-order valence-corrected chi connectivity index (χ0v) is 20.8. The first-order valence-corrected chi connectivity index (χ1v) is 13.7. The fourth-order valence-corrected chi connectivity index (χ4v) is 5.93. The molecule has 0 radical (unpaired) electrons. The van der Waals surface area contributed by atoms with Gasteiger partial charge in [-0.25, -0.2) is 8.42 Å². The summed E-state index contributed by atoms with van der Waals surface area (Å²) in [5, 5.41) is 3.00. The van der Waals surface area contributed by atoms with Crippen LogP contribution in [0.1, 0.15) is 41.6 Å². The van der Waals surface area contributed by atoms with Crippen LogP contribution in [0.15, 0.2) is 89.8 Å². The van der Waals surface area contributed by atoms with E-state index in [0.717, 1.165) is 31.6 Å². The Morgan fingerprint density at radius 1 is 0.829 bits per heavy atom. The monoisotopic (exact) mass is 491 g/mol. The van der Waals surface area contributed by atoms with Gasteiger partial charge < -0.3 is 10.2 Å². The number of para-hydroxylation sites is 1. The second-order valence-electron chi connectivity index (χ2n) is 8.84. The van der Waals surface area contributed by atoms with Crippen LogP contribution in [0.5, 0.6) is 0 Å². The second kappa shape index (κ2) is 12.0. The Bertz CT molecular complexity index is 1190. The largest absolute Gasteiger partial charge is 0.352 e. The Labute approximate surface area is 208 Å². The Balaban J connectivity index is 1.56. The SMILES string of the molecule is O=C(NCCCN1CCCCC1)c1ccccc1N(Cc1ccccc1)S(=O)(=O)c1ccccc1. The standard InChI is InChI=1S/C28H33N3O3S/c32-28(29-19-12-22-30-20-10-3-11-21-30)26-17-8-9-18-27(26)31(23-24-13-4-1-5-14-24)35(33,34)25-15-6-2-7-16-25/h1-2,4-9,13-18H,3,10-12,19-23H2,(H,29,32). The van der Waals surface area contributed by atoms with E-state index in [4.69, 9.17) is 0 Å². The molecule has 1 aliphatic heterocycles. The molecule has 0 unspecified atom stereocenters. The van der Waals surface area contributed by atoms with Crippen LogP contribution in [0.3, 0.4) is 0 Å². The fraction of sp³-hybridized carbons (Fsp3) is 0.321. The van der Waals surface area contributed by atoms with Gasteiger partial charge >= 0.3 is 0 Å². The number of amides is 1. The maximum Gasteiger partial charge on any atom is 0.264 e. The average molecular weight is 492 g/mol. The molecule has 0 atom stereocenters. The van der Waals surface area contributed by atoms with E-state index in [9.17, 15) is 13.2 Å². The van der Waals surface area contributed by atoms with Crippen molar-refractivity contribution in [2.75, 3.05) is 30.5 Å². The molecule has 35 heavy (non-hydrogen) atoms. The van der Waals surface area contributed by atoms with Crippen molar-refractivity contribution in [3.05, 3.63) is 96.1 Å². The van der Waals surface area contributed by atoms with E-state index in [1.807, 2.05) is 30.3 Å². The molecule has 3 aromatic carbocycles. The van der Waals surface area contributed by atoms with Gasteiger partial charge in [0.15, 0.2) is 0 Å². The summed E-state index contributed by atoms with van der Waals surface area (Å²) in [4.78, 5) is 15.8. The number of hydrogen-bond donors (Lipinski definition) is 1. The van der Waals surface area contributed by atoms with Crippen LogP contribution in [-0.4, -0.2) is 45.4 Å². The third-order valence-electron chi connectivity index (χ3n) is 6.30. The Kier molecular flexibility index (Phi) is 8.55. The van der Waals surface area contributed by atoms with Crippen molar-refractivity contribution in [3.63, 3.8) is 0 Å². The van der Waals surface area contributed by atoms with Gasteiger partial charge in [0.2, 0.25) is 0 Å². The van der Waals surface area contributed by atoms with Crippen molar-refractivity contribution in [3.8, 4) is 0 Å². The normalized spacial score (nSPS) is 14.4. The van der Waals surface area contributed by atoms with Crippen LogP contribution in [0.4, 0.5) is 5.69 Å². The molecule has 184 valence electrons. The maximum absolute atomic E-state index is 13.7. The first kappa shape index (κ1) is 24.9. The number of carbonyl (C=O) groups excluding carboxylic acids is 1. The minimum atomic E-state index is -3.90. The van der Waals surface area contributed by atoms with Crippen LogP contribution >= 0.6 is 0 Å².